The van der Waals surface area contributed by atoms with Gasteiger partial charge in [-0.05, 0) is 0 Å². The van der Waals surface area contributed by atoms with Crippen LogP contribution in [-0.2, 0) is 17.4 Å². The van der Waals surface area contributed by atoms with Crippen molar-refractivity contribution in [2.24, 2.45) is 0 Å². The molecule has 2 aliphatic rings. The van der Waals surface area contributed by atoms with Gasteiger partial charge in [-0.3, -0.25) is 0 Å². The fourth-order valence-electron chi connectivity index (χ4n) is 11.2. The minimum atomic E-state index is -4.16. The second kappa shape index (κ2) is 21.4. The average molecular weight is 955 g/mol. The van der Waals surface area contributed by atoms with Crippen LogP contribution in [0, 0.1) is 0 Å². The zero-order valence-electron chi connectivity index (χ0n) is 37.7. The maximum absolute atomic E-state index is 4.16. The third-order valence-corrected chi connectivity index (χ3v) is 31.3. The van der Waals surface area contributed by atoms with Gasteiger partial charge >= 0.3 is 367 Å². The fraction of sp³-hybridized carbons (Fsp3) is 0.310. The quantitative estimate of drug-likeness (QED) is 0.0595. The van der Waals surface area contributed by atoms with Crippen LogP contribution in [-0.4, -0.2) is 6.88 Å². The molecule has 6 aromatic rings. The molecule has 2 unspecified atom stereocenters. The third-order valence-electron chi connectivity index (χ3n) is 13.9. The van der Waals surface area contributed by atoms with E-state index in [-0.39, 0.29) is 24.8 Å². The van der Waals surface area contributed by atoms with E-state index in [9.17, 15) is 0 Å². The Kier molecular flexibility index (Phi) is 16.6. The molecule has 0 saturated heterocycles. The Labute approximate surface area is 389 Å². The molecule has 0 radical (unpaired) electrons. The molecule has 0 spiro atoms. The van der Waals surface area contributed by atoms with Gasteiger partial charge in [-0.15, -0.1) is 24.8 Å². The van der Waals surface area contributed by atoms with Gasteiger partial charge in [0.1, 0.15) is 0 Å². The Bertz CT molecular complexity index is 2360. The molecule has 62 heavy (non-hydrogen) atoms. The van der Waals surface area contributed by atoms with E-state index in [1.807, 2.05) is 0 Å². The molecule has 0 saturated carbocycles. The molecular formula is C58H68Cl2SiZr. The van der Waals surface area contributed by atoms with Crippen LogP contribution in [0.2, 0.25) is 9.26 Å². The zero-order valence-corrected chi connectivity index (χ0v) is 43.2. The summed E-state index contributed by atoms with van der Waals surface area (Å²) in [5.74, 6) is 0. The van der Waals surface area contributed by atoms with Crippen LogP contribution in [0.4, 0.5) is 0 Å². The molecule has 6 aromatic carbocycles. The predicted molar refractivity (Wildman–Crippen MR) is 278 cm³/mol. The summed E-state index contributed by atoms with van der Waals surface area (Å²) >= 11 is -4.16. The topological polar surface area (TPSA) is 0 Å². The van der Waals surface area contributed by atoms with Crippen molar-refractivity contribution < 1.29 is 17.4 Å². The molecule has 2 atom stereocenters. The molecular weight excluding hydrogens is 887 g/mol. The molecule has 0 bridgehead atoms. The summed E-state index contributed by atoms with van der Waals surface area (Å²) in [6.45, 7) is 7.22. The van der Waals surface area contributed by atoms with Gasteiger partial charge in [-0.2, -0.15) is 0 Å². The summed E-state index contributed by atoms with van der Waals surface area (Å²) in [6, 6.07) is 55.1. The summed E-state index contributed by atoms with van der Waals surface area (Å²) in [7, 11) is 0. The van der Waals surface area contributed by atoms with Gasteiger partial charge in [0, 0.05) is 0 Å². The van der Waals surface area contributed by atoms with Crippen molar-refractivity contribution in [1.29, 1.82) is 0 Å². The molecule has 0 aromatic heterocycles. The van der Waals surface area contributed by atoms with E-state index in [0.717, 1.165) is 0 Å². The molecule has 8 rings (SSSR count). The monoisotopic (exact) mass is 952 g/mol. The van der Waals surface area contributed by atoms with Gasteiger partial charge in [0.25, 0.3) is 0 Å². The number of unbranched alkanes of at least 4 members (excludes halogenated alkanes) is 8. The van der Waals surface area contributed by atoms with Crippen LogP contribution >= 0.6 is 24.8 Å². The van der Waals surface area contributed by atoms with Crippen molar-refractivity contribution in [3.8, 4) is 44.5 Å². The predicted octanol–water partition coefficient (Wildman–Crippen LogP) is 17.8. The summed E-state index contributed by atoms with van der Waals surface area (Å²) in [5.41, 5.74) is 20.6. The van der Waals surface area contributed by atoms with Crippen LogP contribution in [0.5, 0.6) is 0 Å². The molecule has 0 nitrogen and oxygen atoms in total. The van der Waals surface area contributed by atoms with E-state index in [2.05, 4.69) is 188 Å². The number of fused-ring (bicyclic) bond motifs is 2. The second-order valence-corrected chi connectivity index (χ2v) is 49.5. The van der Waals surface area contributed by atoms with E-state index in [1.165, 1.54) is 133 Å². The number of halogens is 2. The fourth-order valence-corrected chi connectivity index (χ4v) is 30.9. The first-order valence-corrected chi connectivity index (χ1v) is 37.0. The number of benzene rings is 6. The van der Waals surface area contributed by atoms with Crippen molar-refractivity contribution in [3.05, 3.63) is 179 Å². The molecule has 322 valence electrons. The van der Waals surface area contributed by atoms with Gasteiger partial charge in [0.2, 0.25) is 0 Å². The SMILES string of the molecule is CCCCCCCC1=Cc2c(-c3ccccc3)ccc(-c3ccccc3)c2[CH]1[Zr]([CH3])([CH3])(=[SiH2])[CH]1C(CCCCCCC)=Cc2c(-c3ccccc3)ccc(-c3ccccc3)c21.Cl.Cl. The number of rotatable bonds is 18. The number of hydrogen-bond acceptors (Lipinski definition) is 0. The largest absolute Gasteiger partial charge is 0.147 e. The van der Waals surface area contributed by atoms with E-state index in [4.69, 9.17) is 0 Å². The Balaban J connectivity index is 0.00000321. The average Bonchev–Trinajstić information content (AvgIpc) is 3.88. The minimum Gasteiger partial charge on any atom is -0.147 e. The van der Waals surface area contributed by atoms with Crippen LogP contribution in [0.15, 0.2) is 157 Å². The Morgan fingerprint density at radius 3 is 1.00 bits per heavy atom. The van der Waals surface area contributed by atoms with Gasteiger partial charge in [-0.1, -0.05) is 0 Å². The maximum atomic E-state index is 2.89. The summed E-state index contributed by atoms with van der Waals surface area (Å²) < 4.78 is 6.63. The van der Waals surface area contributed by atoms with Crippen LogP contribution in [0.25, 0.3) is 56.7 Å². The number of hydrogen-bond donors (Lipinski definition) is 0. The maximum Gasteiger partial charge on any atom is -0.147 e. The standard InChI is InChI=1S/2C28H29.2CH3.2ClH.H2Si.Zr/c2*1-2-3-4-5-8-13-22-20-27-25(23-14-9-6-10-15-23)18-19-26(28(27)21-22)24-16-11-7-12-17-24;;;;;;/h2*6-7,9-12,14-21H,2-5,8,13H2,1H3;2*1H3;2*1H;1H2;. The van der Waals surface area contributed by atoms with Crippen molar-refractivity contribution in [1.82, 2.24) is 0 Å². The molecule has 0 aliphatic heterocycles. The van der Waals surface area contributed by atoms with Gasteiger partial charge in [0.15, 0.2) is 0 Å². The van der Waals surface area contributed by atoms with E-state index in [1.54, 1.807) is 22.3 Å². The van der Waals surface area contributed by atoms with Crippen LogP contribution in [0.1, 0.15) is 120 Å². The van der Waals surface area contributed by atoms with Crippen LogP contribution in [0.3, 0.4) is 0 Å². The molecule has 0 amide bonds. The normalized spacial score (nSPS) is 15.5. The first-order valence-electron chi connectivity index (χ1n) is 23.3. The van der Waals surface area contributed by atoms with Crippen molar-refractivity contribution in [2.45, 2.75) is 107 Å². The Hall–Kier alpha value is -3.52. The van der Waals surface area contributed by atoms with Crippen molar-refractivity contribution >= 4 is 43.8 Å². The summed E-state index contributed by atoms with van der Waals surface area (Å²) in [4.78, 5) is 0. The van der Waals surface area contributed by atoms with Crippen molar-refractivity contribution in [3.63, 3.8) is 0 Å². The van der Waals surface area contributed by atoms with E-state index >= 15 is 0 Å². The minimum absolute atomic E-state index is 0. The molecule has 0 N–H and O–H groups in total. The Morgan fingerprint density at radius 1 is 0.387 bits per heavy atom. The molecule has 2 aliphatic carbocycles. The third kappa shape index (κ3) is 9.91. The molecule has 4 heteroatoms. The first-order chi connectivity index (χ1) is 29.3. The zero-order chi connectivity index (χ0) is 41.6. The summed E-state index contributed by atoms with van der Waals surface area (Å²) in [6.07, 6.45) is 20.8. The van der Waals surface area contributed by atoms with E-state index in [0.29, 0.717) is 7.25 Å². The Morgan fingerprint density at radius 2 is 0.677 bits per heavy atom. The number of allylic oxidation sites excluding steroid dienone is 2. The summed E-state index contributed by atoms with van der Waals surface area (Å²) in [5, 5.41) is 0. The first kappa shape index (κ1) is 47.9. The molecule has 0 heterocycles. The van der Waals surface area contributed by atoms with Gasteiger partial charge in [-0.25, -0.2) is 0 Å². The van der Waals surface area contributed by atoms with Crippen molar-refractivity contribution in [2.75, 3.05) is 0 Å². The van der Waals surface area contributed by atoms with E-state index < -0.39 is 17.4 Å². The van der Waals surface area contributed by atoms with Crippen LogP contribution < -0.4 is 0 Å². The smallest absolute Gasteiger partial charge is 0.147 e. The second-order valence-electron chi connectivity index (χ2n) is 19.0. The molecule has 0 fully saturated rings. The van der Waals surface area contributed by atoms with Gasteiger partial charge < -0.3 is 0 Å². The van der Waals surface area contributed by atoms with Gasteiger partial charge in [0.05, 0.1) is 0 Å².